The number of nitrogens with one attached hydrogen (secondary N) is 2. The molecule has 0 saturated heterocycles. The van der Waals surface area contributed by atoms with Crippen molar-refractivity contribution in [1.82, 2.24) is 10.6 Å². The maximum absolute atomic E-state index is 12.3. The predicted octanol–water partition coefficient (Wildman–Crippen LogP) is 2.14. The number of hydrogen-bond acceptors (Lipinski definition) is 6. The molecule has 9 heteroatoms. The summed E-state index contributed by atoms with van der Waals surface area (Å²) in [5.41, 5.74) is 1.96. The lowest BCUT2D eigenvalue weighted by Crippen LogP contribution is -2.38. The third-order valence-corrected chi connectivity index (χ3v) is 6.20. The highest BCUT2D eigenvalue weighted by atomic mass is 32.2. The Morgan fingerprint density at radius 3 is 2.41 bits per heavy atom. The van der Waals surface area contributed by atoms with E-state index in [1.807, 2.05) is 18.2 Å². The van der Waals surface area contributed by atoms with Crippen LogP contribution >= 0.6 is 0 Å². The highest BCUT2D eigenvalue weighted by Crippen LogP contribution is 2.34. The van der Waals surface area contributed by atoms with Crippen molar-refractivity contribution in [2.75, 3.05) is 26.3 Å². The smallest absolute Gasteiger partial charge is 0.238 e. The molecule has 2 aromatic carbocycles. The molecule has 4 N–H and O–H groups in total. The van der Waals surface area contributed by atoms with Gasteiger partial charge in [-0.3, -0.25) is 4.79 Å². The van der Waals surface area contributed by atoms with Crippen LogP contribution in [0.1, 0.15) is 37.4 Å². The maximum Gasteiger partial charge on any atom is 0.238 e. The van der Waals surface area contributed by atoms with E-state index in [2.05, 4.69) is 24.5 Å². The molecule has 1 atom stereocenters. The lowest BCUT2D eigenvalue weighted by atomic mass is 9.95. The second-order valence-electron chi connectivity index (χ2n) is 8.15. The standard InChI is InChI=1S/C23H31N3O5S/c1-16(2)23(18-6-9-20-21(14-18)31-13-3-12-30-20)26-15-22(27)25-11-10-17-4-7-19(8-5-17)32(24,28)29/h4-9,14,16,23,26H,3,10-13,15H2,1-2H3,(H,25,27)(H2,24,28,29)/t23-/m0/s1. The van der Waals surface area contributed by atoms with Gasteiger partial charge in [0.25, 0.3) is 0 Å². The van der Waals surface area contributed by atoms with Crippen molar-refractivity contribution >= 4 is 15.9 Å². The Balaban J connectivity index is 1.50. The van der Waals surface area contributed by atoms with Gasteiger partial charge in [0.15, 0.2) is 11.5 Å². The Bertz CT molecular complexity index is 1020. The molecule has 174 valence electrons. The van der Waals surface area contributed by atoms with Gasteiger partial charge in [-0.15, -0.1) is 0 Å². The molecule has 1 aliphatic heterocycles. The molecule has 1 amide bonds. The van der Waals surface area contributed by atoms with E-state index in [1.165, 1.54) is 12.1 Å². The molecule has 0 unspecified atom stereocenters. The third-order valence-electron chi connectivity index (χ3n) is 5.27. The Kier molecular flexibility index (Phi) is 8.11. The minimum absolute atomic E-state index is 0.0105. The summed E-state index contributed by atoms with van der Waals surface area (Å²) in [6, 6.07) is 12.2. The van der Waals surface area contributed by atoms with Crippen molar-refractivity contribution in [2.45, 2.75) is 37.6 Å². The van der Waals surface area contributed by atoms with Crippen molar-refractivity contribution in [3.05, 3.63) is 53.6 Å². The molecule has 0 aliphatic carbocycles. The van der Waals surface area contributed by atoms with Gasteiger partial charge in [0.2, 0.25) is 15.9 Å². The van der Waals surface area contributed by atoms with Gasteiger partial charge in [-0.2, -0.15) is 0 Å². The van der Waals surface area contributed by atoms with Gasteiger partial charge >= 0.3 is 0 Å². The van der Waals surface area contributed by atoms with Crippen LogP contribution in [0.2, 0.25) is 0 Å². The summed E-state index contributed by atoms with van der Waals surface area (Å²) >= 11 is 0. The molecule has 1 heterocycles. The first-order valence-corrected chi connectivity index (χ1v) is 12.3. The zero-order valence-corrected chi connectivity index (χ0v) is 19.3. The molecule has 0 radical (unpaired) electrons. The highest BCUT2D eigenvalue weighted by Gasteiger charge is 2.20. The topological polar surface area (TPSA) is 120 Å². The minimum Gasteiger partial charge on any atom is -0.490 e. The number of nitrogens with two attached hydrogens (primary N) is 1. The Morgan fingerprint density at radius 1 is 1.06 bits per heavy atom. The van der Waals surface area contributed by atoms with Crippen LogP contribution in [0.15, 0.2) is 47.4 Å². The van der Waals surface area contributed by atoms with Gasteiger partial charge < -0.3 is 20.1 Å². The molecule has 2 aromatic rings. The lowest BCUT2D eigenvalue weighted by Gasteiger charge is -2.23. The van der Waals surface area contributed by atoms with Crippen LogP contribution in [0, 0.1) is 5.92 Å². The normalized spacial score (nSPS) is 14.6. The number of ether oxygens (including phenoxy) is 2. The summed E-state index contributed by atoms with van der Waals surface area (Å²) in [6.07, 6.45) is 1.44. The van der Waals surface area contributed by atoms with Gasteiger partial charge in [-0.05, 0) is 47.7 Å². The SMILES string of the molecule is CC(C)[C@H](NCC(=O)NCCc1ccc(S(N)(=O)=O)cc1)c1ccc2c(c1)OCCCO2. The predicted molar refractivity (Wildman–Crippen MR) is 122 cm³/mol. The molecule has 0 spiro atoms. The number of benzene rings is 2. The van der Waals surface area contributed by atoms with Gasteiger partial charge in [0.05, 0.1) is 24.7 Å². The van der Waals surface area contributed by atoms with Crippen LogP contribution in [-0.2, 0) is 21.2 Å². The van der Waals surface area contributed by atoms with Crippen LogP contribution in [0.4, 0.5) is 0 Å². The first-order chi connectivity index (χ1) is 15.2. The number of amides is 1. The van der Waals surface area contributed by atoms with Crippen molar-refractivity contribution in [3.63, 3.8) is 0 Å². The number of carbonyl (C=O) groups excluding carboxylic acids is 1. The van der Waals surface area contributed by atoms with E-state index in [-0.39, 0.29) is 29.3 Å². The summed E-state index contributed by atoms with van der Waals surface area (Å²) in [5.74, 6) is 1.66. The zero-order valence-electron chi connectivity index (χ0n) is 18.5. The summed E-state index contributed by atoms with van der Waals surface area (Å²) in [5, 5.41) is 11.3. The monoisotopic (exact) mass is 461 g/mol. The molecule has 1 aliphatic rings. The van der Waals surface area contributed by atoms with E-state index in [0.717, 1.165) is 29.0 Å². The quantitative estimate of drug-likeness (QED) is 0.526. The van der Waals surface area contributed by atoms with Crippen LogP contribution < -0.4 is 25.2 Å². The number of primary sulfonamides is 1. The Hall–Kier alpha value is -2.62. The van der Waals surface area contributed by atoms with Crippen LogP contribution in [0.25, 0.3) is 0 Å². The van der Waals surface area contributed by atoms with Crippen molar-refractivity contribution in [1.29, 1.82) is 0 Å². The average Bonchev–Trinajstić information content (AvgIpc) is 2.98. The third kappa shape index (κ3) is 6.69. The van der Waals surface area contributed by atoms with Crippen molar-refractivity contribution < 1.29 is 22.7 Å². The highest BCUT2D eigenvalue weighted by molar-refractivity contribution is 7.89. The van der Waals surface area contributed by atoms with Gasteiger partial charge in [0.1, 0.15) is 0 Å². The van der Waals surface area contributed by atoms with E-state index in [1.54, 1.807) is 12.1 Å². The summed E-state index contributed by atoms with van der Waals surface area (Å²) in [4.78, 5) is 12.4. The molecule has 0 saturated carbocycles. The molecule has 0 aromatic heterocycles. The number of carbonyl (C=O) groups is 1. The number of rotatable bonds is 9. The van der Waals surface area contributed by atoms with Gasteiger partial charge in [-0.1, -0.05) is 32.0 Å². The Labute approximate surface area is 189 Å². The van der Waals surface area contributed by atoms with Gasteiger partial charge in [-0.25, -0.2) is 13.6 Å². The fraction of sp³-hybridized carbons (Fsp3) is 0.435. The summed E-state index contributed by atoms with van der Waals surface area (Å²) < 4.78 is 34.1. The number of fused-ring (bicyclic) bond motifs is 1. The summed E-state index contributed by atoms with van der Waals surface area (Å²) in [6.45, 7) is 6.11. The second kappa shape index (κ2) is 10.8. The Morgan fingerprint density at radius 2 is 1.75 bits per heavy atom. The molecule has 0 bridgehead atoms. The fourth-order valence-corrected chi connectivity index (χ4v) is 4.08. The average molecular weight is 462 g/mol. The summed E-state index contributed by atoms with van der Waals surface area (Å²) in [7, 11) is -3.70. The molecule has 32 heavy (non-hydrogen) atoms. The number of sulfonamides is 1. The maximum atomic E-state index is 12.3. The van der Waals surface area contributed by atoms with E-state index < -0.39 is 10.0 Å². The fourth-order valence-electron chi connectivity index (χ4n) is 3.57. The first-order valence-electron chi connectivity index (χ1n) is 10.8. The van der Waals surface area contributed by atoms with Crippen molar-refractivity contribution in [2.24, 2.45) is 11.1 Å². The van der Waals surface area contributed by atoms with E-state index in [0.29, 0.717) is 26.2 Å². The van der Waals surface area contributed by atoms with Crippen LogP contribution in [-0.4, -0.2) is 40.6 Å². The molecular formula is C23H31N3O5S. The minimum atomic E-state index is -3.70. The number of hydrogen-bond donors (Lipinski definition) is 3. The van der Waals surface area contributed by atoms with E-state index >= 15 is 0 Å². The van der Waals surface area contributed by atoms with Crippen LogP contribution in [0.3, 0.4) is 0 Å². The van der Waals surface area contributed by atoms with E-state index in [9.17, 15) is 13.2 Å². The van der Waals surface area contributed by atoms with Crippen molar-refractivity contribution in [3.8, 4) is 11.5 Å². The lowest BCUT2D eigenvalue weighted by molar-refractivity contribution is -0.120. The zero-order chi connectivity index (χ0) is 23.1. The largest absolute Gasteiger partial charge is 0.490 e. The molecule has 0 fully saturated rings. The second-order valence-corrected chi connectivity index (χ2v) is 9.71. The van der Waals surface area contributed by atoms with E-state index in [4.69, 9.17) is 14.6 Å². The van der Waals surface area contributed by atoms with Crippen LogP contribution in [0.5, 0.6) is 11.5 Å². The molecular weight excluding hydrogens is 430 g/mol. The van der Waals surface area contributed by atoms with Gasteiger partial charge in [0, 0.05) is 19.0 Å². The molecule has 8 nitrogen and oxygen atoms in total. The molecule has 3 rings (SSSR count). The first kappa shape index (κ1) is 24.0.